The molecule has 0 fully saturated rings. The number of aromatic carboxylic acids is 1. The number of alkyl halides is 4. The van der Waals surface area contributed by atoms with E-state index in [9.17, 15) is 35.9 Å². The summed E-state index contributed by atoms with van der Waals surface area (Å²) in [4.78, 5) is 11.2. The molecule has 1 N–H and O–H groups in total. The van der Waals surface area contributed by atoms with Gasteiger partial charge in [0.1, 0.15) is 5.75 Å². The first-order chi connectivity index (χ1) is 14.4. The summed E-state index contributed by atoms with van der Waals surface area (Å²) in [6.45, 7) is 1.77. The van der Waals surface area contributed by atoms with Gasteiger partial charge in [0.25, 0.3) is 10.0 Å². The number of benzene rings is 2. The summed E-state index contributed by atoms with van der Waals surface area (Å²) in [6.07, 6.45) is -3.46. The van der Waals surface area contributed by atoms with Crippen LogP contribution in [0.5, 0.6) is 5.75 Å². The average Bonchev–Trinajstić information content (AvgIpc) is 2.72. The highest BCUT2D eigenvalue weighted by Gasteiger charge is 2.41. The molecule has 2 aromatic carbocycles. The Hall–Kier alpha value is -2.82. The first-order valence-electron chi connectivity index (χ1n) is 9.21. The van der Waals surface area contributed by atoms with Crippen LogP contribution < -0.4 is 9.04 Å². The molecule has 0 spiro atoms. The van der Waals surface area contributed by atoms with Crippen LogP contribution in [0.2, 0.25) is 0 Å². The fraction of sp³-hybridized carbons (Fsp3) is 0.350. The number of anilines is 1. The topological polar surface area (TPSA) is 83.9 Å². The number of halogens is 4. The fourth-order valence-corrected chi connectivity index (χ4v) is 4.29. The van der Waals surface area contributed by atoms with E-state index in [0.29, 0.717) is 12.0 Å². The van der Waals surface area contributed by atoms with Gasteiger partial charge in [-0.15, -0.1) is 0 Å². The Labute approximate surface area is 177 Å². The summed E-state index contributed by atoms with van der Waals surface area (Å²) in [6, 6.07) is 8.74. The Bertz CT molecular complexity index is 1030. The molecule has 0 aliphatic carbocycles. The van der Waals surface area contributed by atoms with E-state index in [1.807, 2.05) is 0 Å². The van der Waals surface area contributed by atoms with Crippen molar-refractivity contribution in [1.82, 2.24) is 0 Å². The molecular weight excluding hydrogens is 442 g/mol. The lowest BCUT2D eigenvalue weighted by molar-refractivity contribution is -0.148. The van der Waals surface area contributed by atoms with E-state index in [4.69, 9.17) is 0 Å². The Balaban J connectivity index is 2.31. The highest BCUT2D eigenvalue weighted by molar-refractivity contribution is 7.92. The van der Waals surface area contributed by atoms with Crippen LogP contribution in [0.4, 0.5) is 23.2 Å². The molecule has 0 aromatic heterocycles. The van der Waals surface area contributed by atoms with Crippen LogP contribution in [-0.4, -0.2) is 45.0 Å². The lowest BCUT2D eigenvalue weighted by Crippen LogP contribution is -2.33. The van der Waals surface area contributed by atoms with E-state index in [-0.39, 0.29) is 28.4 Å². The maximum atomic E-state index is 13.1. The van der Waals surface area contributed by atoms with Gasteiger partial charge in [-0.05, 0) is 55.3 Å². The van der Waals surface area contributed by atoms with Gasteiger partial charge in [-0.25, -0.2) is 22.0 Å². The second kappa shape index (κ2) is 9.54. The number of carboxylic acid groups (broad SMARTS) is 1. The summed E-state index contributed by atoms with van der Waals surface area (Å²) in [5.74, 6) is -5.71. The minimum atomic E-state index is -4.32. The summed E-state index contributed by atoms with van der Waals surface area (Å²) >= 11 is 0. The van der Waals surface area contributed by atoms with Gasteiger partial charge in [-0.2, -0.15) is 8.78 Å². The van der Waals surface area contributed by atoms with Crippen molar-refractivity contribution in [2.24, 2.45) is 0 Å². The molecule has 0 radical (unpaired) electrons. The molecular formula is C20H21F4NO5S. The van der Waals surface area contributed by atoms with E-state index in [1.54, 1.807) is 13.8 Å². The van der Waals surface area contributed by atoms with E-state index in [2.05, 4.69) is 4.74 Å². The molecule has 2 rings (SSSR count). The van der Waals surface area contributed by atoms with Gasteiger partial charge in [0.05, 0.1) is 16.1 Å². The molecule has 0 saturated carbocycles. The Morgan fingerprint density at radius 2 is 1.74 bits per heavy atom. The van der Waals surface area contributed by atoms with Crippen LogP contribution in [-0.2, 0) is 16.4 Å². The monoisotopic (exact) mass is 463 g/mol. The fourth-order valence-electron chi connectivity index (χ4n) is 2.79. The molecule has 0 bridgehead atoms. The number of nitrogens with zero attached hydrogens (tertiary/aromatic N) is 1. The van der Waals surface area contributed by atoms with Crippen molar-refractivity contribution in [3.63, 3.8) is 0 Å². The molecule has 170 valence electrons. The summed E-state index contributed by atoms with van der Waals surface area (Å²) in [5.41, 5.74) is 0.520. The van der Waals surface area contributed by atoms with E-state index < -0.39 is 34.9 Å². The Morgan fingerprint density at radius 3 is 2.23 bits per heavy atom. The smallest absolute Gasteiger partial charge is 0.340 e. The molecule has 2 aromatic rings. The van der Waals surface area contributed by atoms with Gasteiger partial charge in [-0.1, -0.05) is 13.0 Å². The van der Waals surface area contributed by atoms with Crippen LogP contribution >= 0.6 is 0 Å². The minimum absolute atomic E-state index is 0.01000. The zero-order chi connectivity index (χ0) is 23.4. The Kier molecular flexibility index (Phi) is 7.53. The molecule has 0 saturated heterocycles. The molecule has 0 atom stereocenters. The molecule has 31 heavy (non-hydrogen) atoms. The number of hydrogen-bond acceptors (Lipinski definition) is 4. The van der Waals surface area contributed by atoms with Crippen molar-refractivity contribution in [2.75, 3.05) is 17.5 Å². The number of hydrogen-bond donors (Lipinski definition) is 1. The largest absolute Gasteiger partial charge is 0.487 e. The zero-order valence-corrected chi connectivity index (χ0v) is 17.5. The number of sulfonamides is 1. The SMILES string of the molecule is CCc1ccc(S(=O)(=O)N(CC)c2ccc(OCC(F)(F)C(F)F)cc2)cc1C(=O)O. The lowest BCUT2D eigenvalue weighted by Gasteiger charge is -2.24. The predicted molar refractivity (Wildman–Crippen MR) is 106 cm³/mol. The number of carbonyl (C=O) groups is 1. The van der Waals surface area contributed by atoms with Crippen molar-refractivity contribution in [1.29, 1.82) is 0 Å². The highest BCUT2D eigenvalue weighted by atomic mass is 32.2. The third-order valence-corrected chi connectivity index (χ3v) is 6.34. The third-order valence-electron chi connectivity index (χ3n) is 4.44. The standard InChI is InChI=1S/C20H21F4NO5S/c1-3-13-5-10-16(11-17(13)18(26)27)31(28,29)25(4-2)14-6-8-15(9-7-14)30-12-20(23,24)19(21)22/h5-11,19H,3-4,12H2,1-2H3,(H,26,27). The maximum absolute atomic E-state index is 13.1. The number of aryl methyl sites for hydroxylation is 1. The predicted octanol–water partition coefficient (Wildman–Crippen LogP) is 4.44. The number of rotatable bonds is 10. The van der Waals surface area contributed by atoms with Crippen LogP contribution in [0, 0.1) is 0 Å². The van der Waals surface area contributed by atoms with Gasteiger partial charge >= 0.3 is 18.3 Å². The molecule has 11 heteroatoms. The van der Waals surface area contributed by atoms with Crippen molar-refractivity contribution in [3.05, 3.63) is 53.6 Å². The van der Waals surface area contributed by atoms with Crippen LogP contribution in [0.3, 0.4) is 0 Å². The van der Waals surface area contributed by atoms with Gasteiger partial charge in [0.2, 0.25) is 0 Å². The van der Waals surface area contributed by atoms with Gasteiger partial charge in [0.15, 0.2) is 6.61 Å². The minimum Gasteiger partial charge on any atom is -0.487 e. The molecule has 0 aliphatic rings. The highest BCUT2D eigenvalue weighted by Crippen LogP contribution is 2.28. The van der Waals surface area contributed by atoms with Crippen LogP contribution in [0.1, 0.15) is 29.8 Å². The van der Waals surface area contributed by atoms with E-state index in [0.717, 1.165) is 10.4 Å². The van der Waals surface area contributed by atoms with E-state index in [1.165, 1.54) is 36.4 Å². The van der Waals surface area contributed by atoms with Crippen molar-refractivity contribution in [2.45, 2.75) is 37.5 Å². The van der Waals surface area contributed by atoms with Crippen molar-refractivity contribution in [3.8, 4) is 5.75 Å². The van der Waals surface area contributed by atoms with Crippen molar-refractivity contribution < 1.29 is 40.6 Å². The Morgan fingerprint density at radius 1 is 1.13 bits per heavy atom. The average molecular weight is 463 g/mol. The van der Waals surface area contributed by atoms with Gasteiger partial charge in [-0.3, -0.25) is 4.31 Å². The zero-order valence-electron chi connectivity index (χ0n) is 16.7. The second-order valence-electron chi connectivity index (χ2n) is 6.49. The third kappa shape index (κ3) is 5.46. The first kappa shape index (κ1) is 24.4. The second-order valence-corrected chi connectivity index (χ2v) is 8.35. The maximum Gasteiger partial charge on any atom is 0.340 e. The quantitative estimate of drug-likeness (QED) is 0.527. The molecule has 0 aliphatic heterocycles. The number of carboxylic acids is 1. The van der Waals surface area contributed by atoms with Gasteiger partial charge < -0.3 is 9.84 Å². The molecule has 0 amide bonds. The van der Waals surface area contributed by atoms with Gasteiger partial charge in [0, 0.05) is 6.54 Å². The van der Waals surface area contributed by atoms with Crippen LogP contribution in [0.25, 0.3) is 0 Å². The van der Waals surface area contributed by atoms with Crippen molar-refractivity contribution >= 4 is 21.7 Å². The summed E-state index contributed by atoms with van der Waals surface area (Å²) < 4.78 is 82.2. The molecule has 0 unspecified atom stereocenters. The van der Waals surface area contributed by atoms with E-state index >= 15 is 0 Å². The van der Waals surface area contributed by atoms with Crippen LogP contribution in [0.15, 0.2) is 47.4 Å². The molecule has 6 nitrogen and oxygen atoms in total. The first-order valence-corrected chi connectivity index (χ1v) is 10.7. The normalized spacial score (nSPS) is 12.1. The summed E-state index contributed by atoms with van der Waals surface area (Å²) in [5, 5.41) is 9.35. The summed E-state index contributed by atoms with van der Waals surface area (Å²) in [7, 11) is -4.13. The lowest BCUT2D eigenvalue weighted by atomic mass is 10.1. The molecule has 0 heterocycles. The number of ether oxygens (including phenoxy) is 1.